The van der Waals surface area contributed by atoms with Crippen molar-refractivity contribution in [1.29, 1.82) is 0 Å². The van der Waals surface area contributed by atoms with Crippen molar-refractivity contribution in [2.45, 2.75) is 12.8 Å². The number of nitrogens with zero attached hydrogens (tertiary/aromatic N) is 2. The average Bonchev–Trinajstić information content (AvgIpc) is 2.65. The largest absolute Gasteiger partial charge is 0.446 e. The maximum absolute atomic E-state index is 10.9. The van der Waals surface area contributed by atoms with Gasteiger partial charge in [0, 0.05) is 13.1 Å². The Morgan fingerprint density at radius 1 is 1.25 bits per heavy atom. The van der Waals surface area contributed by atoms with Crippen LogP contribution in [0.15, 0.2) is 0 Å². The number of rotatable bonds is 2. The molecule has 2 aliphatic rings. The fourth-order valence-corrected chi connectivity index (χ4v) is 1.36. The van der Waals surface area contributed by atoms with Crippen LogP contribution in [0.5, 0.6) is 0 Å². The van der Waals surface area contributed by atoms with Crippen molar-refractivity contribution >= 4 is 6.09 Å². The van der Waals surface area contributed by atoms with Gasteiger partial charge >= 0.3 is 6.09 Å². The van der Waals surface area contributed by atoms with Crippen LogP contribution in [0.1, 0.15) is 12.8 Å². The van der Waals surface area contributed by atoms with E-state index in [1.807, 2.05) is 0 Å². The molecule has 0 spiro atoms. The second kappa shape index (κ2) is 3.28. The zero-order valence-corrected chi connectivity index (χ0v) is 6.86. The molecule has 0 atom stereocenters. The summed E-state index contributed by atoms with van der Waals surface area (Å²) in [5, 5.41) is 3.07. The summed E-state index contributed by atoms with van der Waals surface area (Å²) in [5.74, 6) is 0. The third-order valence-electron chi connectivity index (χ3n) is 2.00. The molecule has 2 saturated heterocycles. The van der Waals surface area contributed by atoms with E-state index in [2.05, 4.69) is 0 Å². The van der Waals surface area contributed by atoms with Crippen molar-refractivity contribution in [3.8, 4) is 0 Å². The summed E-state index contributed by atoms with van der Waals surface area (Å²) in [4.78, 5) is 16.2. The quantitative estimate of drug-likeness (QED) is 0.604. The first-order chi connectivity index (χ1) is 5.86. The van der Waals surface area contributed by atoms with Crippen LogP contribution in [-0.2, 0) is 9.68 Å². The van der Waals surface area contributed by atoms with Crippen LogP contribution in [0, 0.1) is 0 Å². The normalized spacial score (nSPS) is 25.0. The standard InChI is InChI=1S/C7H12N2O3/c10-7-9(5-6-11-7)12-8-3-1-2-4-8/h1-6H2. The summed E-state index contributed by atoms with van der Waals surface area (Å²) in [5.41, 5.74) is 0. The third kappa shape index (κ3) is 1.51. The highest BCUT2D eigenvalue weighted by Crippen LogP contribution is 2.12. The minimum atomic E-state index is -0.373. The van der Waals surface area contributed by atoms with Gasteiger partial charge in [-0.05, 0) is 12.8 Å². The number of ether oxygens (including phenoxy) is 1. The molecule has 2 aliphatic heterocycles. The van der Waals surface area contributed by atoms with E-state index in [1.165, 1.54) is 5.06 Å². The predicted octanol–water partition coefficient (Wildman–Crippen LogP) is 0.381. The van der Waals surface area contributed by atoms with Gasteiger partial charge in [-0.2, -0.15) is 15.1 Å². The van der Waals surface area contributed by atoms with E-state index < -0.39 is 0 Å². The van der Waals surface area contributed by atoms with E-state index in [0.29, 0.717) is 13.2 Å². The van der Waals surface area contributed by atoms with Crippen LogP contribution in [0.4, 0.5) is 4.79 Å². The molecular weight excluding hydrogens is 160 g/mol. The van der Waals surface area contributed by atoms with Gasteiger partial charge in [-0.25, -0.2) is 4.79 Å². The Morgan fingerprint density at radius 3 is 2.58 bits per heavy atom. The predicted molar refractivity (Wildman–Crippen MR) is 39.9 cm³/mol. The number of hydrogen-bond donors (Lipinski definition) is 0. The molecule has 2 heterocycles. The summed E-state index contributed by atoms with van der Waals surface area (Å²) in [7, 11) is 0. The van der Waals surface area contributed by atoms with Gasteiger partial charge in [0.25, 0.3) is 0 Å². The molecule has 12 heavy (non-hydrogen) atoms. The number of hydroxylamine groups is 4. The van der Waals surface area contributed by atoms with Crippen molar-refractivity contribution in [3.05, 3.63) is 0 Å². The number of carbonyl (C=O) groups is 1. The summed E-state index contributed by atoms with van der Waals surface area (Å²) in [6, 6.07) is 0. The Hall–Kier alpha value is -0.810. The first-order valence-corrected chi connectivity index (χ1v) is 4.23. The lowest BCUT2D eigenvalue weighted by Gasteiger charge is -2.19. The summed E-state index contributed by atoms with van der Waals surface area (Å²) >= 11 is 0. The summed E-state index contributed by atoms with van der Waals surface area (Å²) in [6.45, 7) is 2.79. The number of amides is 1. The van der Waals surface area contributed by atoms with E-state index in [1.54, 1.807) is 5.06 Å². The molecule has 0 radical (unpaired) electrons. The molecule has 2 fully saturated rings. The fourth-order valence-electron chi connectivity index (χ4n) is 1.36. The molecule has 5 heteroatoms. The molecule has 0 unspecified atom stereocenters. The van der Waals surface area contributed by atoms with E-state index in [4.69, 9.17) is 9.68 Å². The van der Waals surface area contributed by atoms with Gasteiger partial charge < -0.3 is 4.74 Å². The zero-order valence-electron chi connectivity index (χ0n) is 6.86. The van der Waals surface area contributed by atoms with Gasteiger partial charge in [-0.15, -0.1) is 0 Å². The number of hydrogen-bond acceptors (Lipinski definition) is 4. The molecule has 0 aromatic rings. The van der Waals surface area contributed by atoms with Gasteiger partial charge in [0.2, 0.25) is 0 Å². The summed E-state index contributed by atoms with van der Waals surface area (Å²) in [6.07, 6.45) is 1.91. The van der Waals surface area contributed by atoms with Crippen LogP contribution in [0.3, 0.4) is 0 Å². The van der Waals surface area contributed by atoms with Gasteiger partial charge in [-0.3, -0.25) is 0 Å². The van der Waals surface area contributed by atoms with Crippen LogP contribution < -0.4 is 0 Å². The van der Waals surface area contributed by atoms with Crippen molar-refractivity contribution < 1.29 is 14.5 Å². The first-order valence-electron chi connectivity index (χ1n) is 4.23. The lowest BCUT2D eigenvalue weighted by molar-refractivity contribution is -0.284. The van der Waals surface area contributed by atoms with Crippen LogP contribution in [-0.4, -0.2) is 42.5 Å². The molecule has 0 saturated carbocycles. The smallest absolute Gasteiger partial charge is 0.435 e. The third-order valence-corrected chi connectivity index (χ3v) is 2.00. The van der Waals surface area contributed by atoms with Gasteiger partial charge in [0.1, 0.15) is 6.61 Å². The minimum Gasteiger partial charge on any atom is -0.446 e. The zero-order chi connectivity index (χ0) is 8.39. The Bertz CT molecular complexity index is 179. The van der Waals surface area contributed by atoms with E-state index >= 15 is 0 Å². The monoisotopic (exact) mass is 172 g/mol. The molecule has 2 rings (SSSR count). The van der Waals surface area contributed by atoms with Crippen LogP contribution in [0.25, 0.3) is 0 Å². The molecule has 5 nitrogen and oxygen atoms in total. The maximum Gasteiger partial charge on any atom is 0.435 e. The summed E-state index contributed by atoms with van der Waals surface area (Å²) < 4.78 is 4.71. The van der Waals surface area contributed by atoms with Gasteiger partial charge in [-0.1, -0.05) is 0 Å². The Labute approximate surface area is 70.7 Å². The first kappa shape index (κ1) is 7.82. The Morgan fingerprint density at radius 2 is 2.00 bits per heavy atom. The fraction of sp³-hybridized carbons (Fsp3) is 0.857. The molecule has 0 aromatic heterocycles. The van der Waals surface area contributed by atoms with Crippen molar-refractivity contribution in [2.24, 2.45) is 0 Å². The minimum absolute atomic E-state index is 0.373. The number of carbonyl (C=O) groups excluding carboxylic acids is 1. The number of cyclic esters (lactones) is 1. The second-order valence-corrected chi connectivity index (χ2v) is 2.93. The highest BCUT2D eigenvalue weighted by atomic mass is 16.9. The molecule has 1 amide bonds. The van der Waals surface area contributed by atoms with Crippen molar-refractivity contribution in [2.75, 3.05) is 26.2 Å². The van der Waals surface area contributed by atoms with Gasteiger partial charge in [0.05, 0.1) is 6.54 Å². The van der Waals surface area contributed by atoms with Crippen LogP contribution >= 0.6 is 0 Å². The van der Waals surface area contributed by atoms with Crippen molar-refractivity contribution in [3.63, 3.8) is 0 Å². The van der Waals surface area contributed by atoms with Gasteiger partial charge in [0.15, 0.2) is 0 Å². The highest BCUT2D eigenvalue weighted by molar-refractivity contribution is 5.67. The van der Waals surface area contributed by atoms with Crippen LogP contribution in [0.2, 0.25) is 0 Å². The Kier molecular flexibility index (Phi) is 2.14. The highest BCUT2D eigenvalue weighted by Gasteiger charge is 2.26. The Balaban J connectivity index is 1.81. The molecule has 0 bridgehead atoms. The topological polar surface area (TPSA) is 42.0 Å². The lowest BCUT2D eigenvalue weighted by Crippen LogP contribution is -2.34. The molecule has 0 aliphatic carbocycles. The van der Waals surface area contributed by atoms with E-state index in [0.717, 1.165) is 25.9 Å². The lowest BCUT2D eigenvalue weighted by atomic mass is 10.4. The maximum atomic E-state index is 10.9. The van der Waals surface area contributed by atoms with Crippen molar-refractivity contribution in [1.82, 2.24) is 10.1 Å². The van der Waals surface area contributed by atoms with E-state index in [9.17, 15) is 4.79 Å². The average molecular weight is 172 g/mol. The molecule has 0 N–H and O–H groups in total. The molecule has 0 aromatic carbocycles. The SMILES string of the molecule is O=C1OCCN1ON1CCCC1. The van der Waals surface area contributed by atoms with E-state index in [-0.39, 0.29) is 6.09 Å². The molecule has 68 valence electrons. The second-order valence-electron chi connectivity index (χ2n) is 2.93. The molecular formula is C7H12N2O3.